The van der Waals surface area contributed by atoms with E-state index >= 15 is 0 Å². The van der Waals surface area contributed by atoms with E-state index in [-0.39, 0.29) is 11.3 Å². The van der Waals surface area contributed by atoms with Crippen LogP contribution in [0.2, 0.25) is 0 Å². The number of carbonyl (C=O) groups excluding carboxylic acids is 1. The lowest BCUT2D eigenvalue weighted by Crippen LogP contribution is -2.41. The molecule has 1 aromatic heterocycles. The molecular formula is C19H27N3O2S. The second-order valence-electron chi connectivity index (χ2n) is 8.06. The van der Waals surface area contributed by atoms with Crippen molar-refractivity contribution in [1.82, 2.24) is 4.90 Å². The number of anilines is 1. The number of hydrogen-bond donors (Lipinski definition) is 1. The topological polar surface area (TPSA) is 65.4 Å². The highest BCUT2D eigenvalue weighted by Crippen LogP contribution is 2.43. The third kappa shape index (κ3) is 4.22. The number of nitrogens with one attached hydrogen (secondary N) is 1. The van der Waals surface area contributed by atoms with Gasteiger partial charge in [-0.05, 0) is 36.2 Å². The largest absolute Gasteiger partial charge is 0.379 e. The quantitative estimate of drug-likeness (QED) is 0.899. The maximum atomic E-state index is 12.4. The monoisotopic (exact) mass is 361 g/mol. The van der Waals surface area contributed by atoms with Gasteiger partial charge in [-0.1, -0.05) is 20.8 Å². The Morgan fingerprint density at radius 2 is 2.12 bits per heavy atom. The zero-order valence-electron chi connectivity index (χ0n) is 15.4. The minimum absolute atomic E-state index is 0.0376. The molecule has 25 heavy (non-hydrogen) atoms. The first kappa shape index (κ1) is 18.4. The van der Waals surface area contributed by atoms with Crippen molar-refractivity contribution < 1.29 is 9.53 Å². The molecular weight excluding hydrogens is 334 g/mol. The summed E-state index contributed by atoms with van der Waals surface area (Å²) in [4.78, 5) is 15.8. The summed E-state index contributed by atoms with van der Waals surface area (Å²) < 4.78 is 5.31. The average Bonchev–Trinajstić information content (AvgIpc) is 2.90. The molecule has 1 aliphatic carbocycles. The molecule has 6 heteroatoms. The Bertz CT molecular complexity index is 678. The van der Waals surface area contributed by atoms with Gasteiger partial charge in [-0.3, -0.25) is 9.69 Å². The fourth-order valence-corrected chi connectivity index (χ4v) is 4.95. The number of thiophene rings is 1. The number of nitriles is 1. The van der Waals surface area contributed by atoms with Crippen LogP contribution in [-0.4, -0.2) is 43.7 Å². The maximum Gasteiger partial charge on any atom is 0.239 e. The van der Waals surface area contributed by atoms with Gasteiger partial charge in [0.05, 0.1) is 25.3 Å². The molecule has 0 bridgehead atoms. The van der Waals surface area contributed by atoms with Crippen LogP contribution in [-0.2, 0) is 22.4 Å². The summed E-state index contributed by atoms with van der Waals surface area (Å²) in [6.45, 7) is 10.1. The van der Waals surface area contributed by atoms with E-state index in [1.165, 1.54) is 4.88 Å². The van der Waals surface area contributed by atoms with Gasteiger partial charge < -0.3 is 10.1 Å². The molecule has 2 heterocycles. The second kappa shape index (κ2) is 7.45. The van der Waals surface area contributed by atoms with Crippen LogP contribution in [0.25, 0.3) is 0 Å². The van der Waals surface area contributed by atoms with Crippen LogP contribution in [0.1, 0.15) is 43.2 Å². The van der Waals surface area contributed by atoms with E-state index in [0.717, 1.165) is 42.9 Å². The van der Waals surface area contributed by atoms with Crippen molar-refractivity contribution in [2.45, 2.75) is 40.0 Å². The molecule has 1 saturated heterocycles. The molecule has 0 spiro atoms. The summed E-state index contributed by atoms with van der Waals surface area (Å²) in [6.07, 6.45) is 3.07. The van der Waals surface area contributed by atoms with Crippen LogP contribution in [0, 0.1) is 22.7 Å². The molecule has 2 aliphatic rings. The number of morpholine rings is 1. The molecule has 5 nitrogen and oxygen atoms in total. The van der Waals surface area contributed by atoms with Gasteiger partial charge in [0.25, 0.3) is 0 Å². The number of amides is 1. The van der Waals surface area contributed by atoms with E-state index in [1.807, 2.05) is 0 Å². The predicted molar refractivity (Wildman–Crippen MR) is 99.9 cm³/mol. The SMILES string of the molecule is CC(C)(C)[C@H]1CCc2c(sc(NC(=O)CN3CCOCC3)c2C#N)C1. The first-order valence-electron chi connectivity index (χ1n) is 9.03. The minimum Gasteiger partial charge on any atom is -0.379 e. The van der Waals surface area contributed by atoms with Crippen molar-refractivity contribution in [1.29, 1.82) is 5.26 Å². The van der Waals surface area contributed by atoms with Gasteiger partial charge in [0.2, 0.25) is 5.91 Å². The molecule has 3 rings (SSSR count). The Morgan fingerprint density at radius 1 is 1.40 bits per heavy atom. The molecule has 0 saturated carbocycles. The van der Waals surface area contributed by atoms with Crippen molar-refractivity contribution in [3.05, 3.63) is 16.0 Å². The van der Waals surface area contributed by atoms with Crippen LogP contribution >= 0.6 is 11.3 Å². The van der Waals surface area contributed by atoms with E-state index in [2.05, 4.69) is 37.1 Å². The van der Waals surface area contributed by atoms with Crippen molar-refractivity contribution >= 4 is 22.2 Å². The zero-order valence-corrected chi connectivity index (χ0v) is 16.2. The van der Waals surface area contributed by atoms with E-state index < -0.39 is 0 Å². The smallest absolute Gasteiger partial charge is 0.239 e. The number of nitrogens with zero attached hydrogens (tertiary/aromatic N) is 2. The highest BCUT2D eigenvalue weighted by molar-refractivity contribution is 7.16. The summed E-state index contributed by atoms with van der Waals surface area (Å²) in [5.74, 6) is 0.589. The third-order valence-corrected chi connectivity index (χ3v) is 6.50. The first-order chi connectivity index (χ1) is 11.9. The second-order valence-corrected chi connectivity index (χ2v) is 9.17. The number of carbonyl (C=O) groups is 1. The highest BCUT2D eigenvalue weighted by Gasteiger charge is 2.32. The minimum atomic E-state index is -0.0376. The molecule has 1 atom stereocenters. The Balaban J connectivity index is 1.71. The van der Waals surface area contributed by atoms with Crippen LogP contribution < -0.4 is 5.32 Å². The van der Waals surface area contributed by atoms with Crippen LogP contribution in [0.15, 0.2) is 0 Å². The third-order valence-electron chi connectivity index (χ3n) is 5.33. The molecule has 0 radical (unpaired) electrons. The number of hydrogen-bond acceptors (Lipinski definition) is 5. The van der Waals surface area contributed by atoms with Gasteiger partial charge in [0.1, 0.15) is 11.1 Å². The summed E-state index contributed by atoms with van der Waals surface area (Å²) in [5, 5.41) is 13.3. The summed E-state index contributed by atoms with van der Waals surface area (Å²) >= 11 is 1.60. The maximum absolute atomic E-state index is 12.4. The lowest BCUT2D eigenvalue weighted by atomic mass is 9.72. The Morgan fingerprint density at radius 3 is 2.76 bits per heavy atom. The van der Waals surface area contributed by atoms with E-state index in [9.17, 15) is 10.1 Å². The van der Waals surface area contributed by atoms with Crippen LogP contribution in [0.4, 0.5) is 5.00 Å². The van der Waals surface area contributed by atoms with Gasteiger partial charge >= 0.3 is 0 Å². The van der Waals surface area contributed by atoms with Gasteiger partial charge in [-0.25, -0.2) is 0 Å². The summed E-state index contributed by atoms with van der Waals surface area (Å²) in [5.41, 5.74) is 2.12. The highest BCUT2D eigenvalue weighted by atomic mass is 32.1. The van der Waals surface area contributed by atoms with E-state index in [1.54, 1.807) is 11.3 Å². The molecule has 1 aliphatic heterocycles. The normalized spacial score (nSPS) is 21.4. The molecule has 136 valence electrons. The number of ether oxygens (including phenoxy) is 1. The van der Waals surface area contributed by atoms with Crippen molar-refractivity contribution in [2.24, 2.45) is 11.3 Å². The van der Waals surface area contributed by atoms with Crippen molar-refractivity contribution in [3.8, 4) is 6.07 Å². The Hall–Kier alpha value is -1.42. The summed E-state index contributed by atoms with van der Waals surface area (Å²) in [6, 6.07) is 2.33. The predicted octanol–water partition coefficient (Wildman–Crippen LogP) is 3.04. The molecule has 0 aromatic carbocycles. The van der Waals surface area contributed by atoms with Crippen molar-refractivity contribution in [3.63, 3.8) is 0 Å². The molecule has 1 amide bonds. The first-order valence-corrected chi connectivity index (χ1v) is 9.84. The number of fused-ring (bicyclic) bond motifs is 1. The van der Waals surface area contributed by atoms with Gasteiger partial charge in [0.15, 0.2) is 0 Å². The van der Waals surface area contributed by atoms with E-state index in [4.69, 9.17) is 4.74 Å². The van der Waals surface area contributed by atoms with Gasteiger partial charge in [-0.2, -0.15) is 5.26 Å². The standard InChI is InChI=1S/C19H27N3O2S/c1-19(2,3)13-4-5-14-15(11-20)18(25-16(14)10-13)21-17(23)12-22-6-8-24-9-7-22/h13H,4-10,12H2,1-3H3,(H,21,23)/t13-/m0/s1. The lowest BCUT2D eigenvalue weighted by molar-refractivity contribution is -0.118. The van der Waals surface area contributed by atoms with Crippen LogP contribution in [0.5, 0.6) is 0 Å². The number of rotatable bonds is 3. The zero-order chi connectivity index (χ0) is 18.0. The average molecular weight is 362 g/mol. The molecule has 1 N–H and O–H groups in total. The Kier molecular flexibility index (Phi) is 5.47. The molecule has 1 fully saturated rings. The fourth-order valence-electron chi connectivity index (χ4n) is 3.66. The molecule has 1 aromatic rings. The fraction of sp³-hybridized carbons (Fsp3) is 0.684. The lowest BCUT2D eigenvalue weighted by Gasteiger charge is -2.33. The van der Waals surface area contributed by atoms with E-state index in [0.29, 0.717) is 31.2 Å². The molecule has 0 unspecified atom stereocenters. The van der Waals surface area contributed by atoms with Crippen LogP contribution in [0.3, 0.4) is 0 Å². The Labute approximate surface area is 154 Å². The summed E-state index contributed by atoms with van der Waals surface area (Å²) in [7, 11) is 0. The van der Waals surface area contributed by atoms with Gasteiger partial charge in [0, 0.05) is 18.0 Å². The van der Waals surface area contributed by atoms with Gasteiger partial charge in [-0.15, -0.1) is 11.3 Å². The van der Waals surface area contributed by atoms with Crippen molar-refractivity contribution in [2.75, 3.05) is 38.2 Å².